The Labute approximate surface area is 132 Å². The van der Waals surface area contributed by atoms with E-state index in [1.807, 2.05) is 6.92 Å². The first-order valence-electron chi connectivity index (χ1n) is 8.18. The number of anilines is 1. The van der Waals surface area contributed by atoms with E-state index >= 15 is 0 Å². The van der Waals surface area contributed by atoms with E-state index in [0.29, 0.717) is 0 Å². The van der Waals surface area contributed by atoms with E-state index in [1.54, 1.807) is 0 Å². The quantitative estimate of drug-likeness (QED) is 0.821. The van der Waals surface area contributed by atoms with Crippen LogP contribution in [0.3, 0.4) is 0 Å². The minimum absolute atomic E-state index is 0.797. The van der Waals surface area contributed by atoms with Crippen molar-refractivity contribution in [2.24, 2.45) is 0 Å². The fourth-order valence-corrected chi connectivity index (χ4v) is 2.95. The normalized spacial score (nSPS) is 14.3. The van der Waals surface area contributed by atoms with Crippen LogP contribution in [-0.4, -0.2) is 19.6 Å². The summed E-state index contributed by atoms with van der Waals surface area (Å²) >= 11 is 0. The highest BCUT2D eigenvalue weighted by atomic mass is 16.6. The number of hydroxylamine groups is 1. The van der Waals surface area contributed by atoms with Gasteiger partial charge in [0.2, 0.25) is 0 Å². The summed E-state index contributed by atoms with van der Waals surface area (Å²) in [7, 11) is 0. The predicted octanol–water partition coefficient (Wildman–Crippen LogP) is 3.78. The summed E-state index contributed by atoms with van der Waals surface area (Å²) in [5.41, 5.74) is 6.86. The van der Waals surface area contributed by atoms with Gasteiger partial charge in [0.25, 0.3) is 0 Å². The van der Waals surface area contributed by atoms with Gasteiger partial charge in [-0.2, -0.15) is 5.48 Å². The van der Waals surface area contributed by atoms with Gasteiger partial charge in [0.15, 0.2) is 5.75 Å². The minimum atomic E-state index is 0.797. The van der Waals surface area contributed by atoms with Crippen LogP contribution < -0.4 is 15.2 Å². The molecule has 1 fully saturated rings. The lowest BCUT2D eigenvalue weighted by molar-refractivity contribution is 0.203. The van der Waals surface area contributed by atoms with Crippen LogP contribution in [-0.2, 0) is 6.42 Å². The van der Waals surface area contributed by atoms with E-state index in [-0.39, 0.29) is 0 Å². The second-order valence-electron chi connectivity index (χ2n) is 5.76. The van der Waals surface area contributed by atoms with E-state index in [1.165, 1.54) is 29.7 Å². The van der Waals surface area contributed by atoms with Gasteiger partial charge >= 0.3 is 0 Å². The molecule has 3 heteroatoms. The molecule has 116 valence electrons. The fraction of sp³-hybridized carbons (Fsp3) is 0.368. The molecule has 0 aromatic heterocycles. The van der Waals surface area contributed by atoms with Crippen LogP contribution in [0, 0.1) is 0 Å². The number of hydrogen-bond donors (Lipinski definition) is 1. The lowest BCUT2D eigenvalue weighted by atomic mass is 10.0. The topological polar surface area (TPSA) is 24.5 Å². The lowest BCUT2D eigenvalue weighted by Gasteiger charge is -2.22. The summed E-state index contributed by atoms with van der Waals surface area (Å²) in [6.07, 6.45) is 3.50. The average molecular weight is 296 g/mol. The van der Waals surface area contributed by atoms with Gasteiger partial charge in [-0.1, -0.05) is 36.4 Å². The van der Waals surface area contributed by atoms with Gasteiger partial charge in [-0.25, -0.2) is 0 Å². The Kier molecular flexibility index (Phi) is 4.96. The van der Waals surface area contributed by atoms with Crippen LogP contribution in [0.2, 0.25) is 0 Å². The van der Waals surface area contributed by atoms with Gasteiger partial charge in [0.1, 0.15) is 0 Å². The van der Waals surface area contributed by atoms with E-state index in [0.717, 1.165) is 31.8 Å². The first-order chi connectivity index (χ1) is 10.9. The minimum Gasteiger partial charge on any atom is -0.407 e. The molecule has 22 heavy (non-hydrogen) atoms. The molecule has 2 aromatic carbocycles. The summed E-state index contributed by atoms with van der Waals surface area (Å²) in [6.45, 7) is 5.08. The third kappa shape index (κ3) is 3.60. The van der Waals surface area contributed by atoms with Crippen molar-refractivity contribution in [3.05, 3.63) is 59.7 Å². The van der Waals surface area contributed by atoms with Crippen LogP contribution in [0.5, 0.6) is 5.75 Å². The molecular formula is C19H24N2O. The molecule has 1 heterocycles. The van der Waals surface area contributed by atoms with Crippen LogP contribution in [0.25, 0.3) is 0 Å². The first kappa shape index (κ1) is 14.9. The van der Waals surface area contributed by atoms with E-state index < -0.39 is 0 Å². The zero-order chi connectivity index (χ0) is 15.2. The highest BCUT2D eigenvalue weighted by Gasteiger charge is 2.17. The zero-order valence-corrected chi connectivity index (χ0v) is 13.2. The highest BCUT2D eigenvalue weighted by Crippen LogP contribution is 2.32. The standard InChI is InChI=1S/C19H24N2O/c1-2-20-22-19-11-10-17(14-16-8-4-3-5-9-16)15-18(19)21-12-6-7-13-21/h3-5,8-11,15,20H,2,6-7,12-14H2,1H3. The molecule has 1 aliphatic heterocycles. The van der Waals surface area contributed by atoms with Crippen molar-refractivity contribution in [2.45, 2.75) is 26.2 Å². The van der Waals surface area contributed by atoms with Crippen LogP contribution >= 0.6 is 0 Å². The maximum Gasteiger partial charge on any atom is 0.170 e. The molecule has 0 saturated carbocycles. The van der Waals surface area contributed by atoms with Crippen molar-refractivity contribution >= 4 is 5.69 Å². The van der Waals surface area contributed by atoms with Crippen LogP contribution in [0.4, 0.5) is 5.69 Å². The summed E-state index contributed by atoms with van der Waals surface area (Å²) < 4.78 is 0. The van der Waals surface area contributed by atoms with E-state index in [9.17, 15) is 0 Å². The van der Waals surface area contributed by atoms with E-state index in [2.05, 4.69) is 58.9 Å². The number of benzene rings is 2. The molecule has 0 aliphatic carbocycles. The van der Waals surface area contributed by atoms with Crippen LogP contribution in [0.1, 0.15) is 30.9 Å². The van der Waals surface area contributed by atoms with Gasteiger partial charge in [0.05, 0.1) is 5.69 Å². The predicted molar refractivity (Wildman–Crippen MR) is 91.4 cm³/mol. The highest BCUT2D eigenvalue weighted by molar-refractivity contribution is 5.61. The molecule has 0 bridgehead atoms. The Balaban J connectivity index is 1.84. The van der Waals surface area contributed by atoms with Crippen molar-refractivity contribution in [3.8, 4) is 5.75 Å². The van der Waals surface area contributed by atoms with Crippen molar-refractivity contribution in [2.75, 3.05) is 24.5 Å². The maximum absolute atomic E-state index is 5.71. The SMILES string of the molecule is CCNOc1ccc(Cc2ccccc2)cc1N1CCCC1. The Bertz CT molecular complexity index is 592. The summed E-state index contributed by atoms with van der Waals surface area (Å²) in [6, 6.07) is 17.2. The Morgan fingerprint density at radius 1 is 1.00 bits per heavy atom. The number of hydrogen-bond acceptors (Lipinski definition) is 3. The van der Waals surface area contributed by atoms with Crippen molar-refractivity contribution < 1.29 is 4.84 Å². The lowest BCUT2D eigenvalue weighted by Crippen LogP contribution is -2.22. The smallest absolute Gasteiger partial charge is 0.170 e. The molecule has 1 saturated heterocycles. The first-order valence-corrected chi connectivity index (χ1v) is 8.18. The Hall–Kier alpha value is -2.00. The molecule has 1 aliphatic rings. The molecule has 0 radical (unpaired) electrons. The van der Waals surface area contributed by atoms with Crippen molar-refractivity contribution in [3.63, 3.8) is 0 Å². The monoisotopic (exact) mass is 296 g/mol. The average Bonchev–Trinajstić information content (AvgIpc) is 3.09. The maximum atomic E-state index is 5.71. The molecule has 0 unspecified atom stereocenters. The molecule has 0 amide bonds. The van der Waals surface area contributed by atoms with E-state index in [4.69, 9.17) is 4.84 Å². The Morgan fingerprint density at radius 2 is 1.77 bits per heavy atom. The molecule has 0 spiro atoms. The number of nitrogens with one attached hydrogen (secondary N) is 1. The molecule has 2 aromatic rings. The third-order valence-electron chi connectivity index (χ3n) is 4.05. The van der Waals surface area contributed by atoms with Crippen molar-refractivity contribution in [1.82, 2.24) is 5.48 Å². The molecule has 0 atom stereocenters. The van der Waals surface area contributed by atoms with Crippen molar-refractivity contribution in [1.29, 1.82) is 0 Å². The summed E-state index contributed by atoms with van der Waals surface area (Å²) in [5, 5.41) is 0. The zero-order valence-electron chi connectivity index (χ0n) is 13.2. The molecular weight excluding hydrogens is 272 g/mol. The third-order valence-corrected chi connectivity index (χ3v) is 4.05. The molecule has 3 nitrogen and oxygen atoms in total. The second-order valence-corrected chi connectivity index (χ2v) is 5.76. The second kappa shape index (κ2) is 7.32. The Morgan fingerprint density at radius 3 is 2.50 bits per heavy atom. The van der Waals surface area contributed by atoms with Gasteiger partial charge in [0, 0.05) is 19.6 Å². The van der Waals surface area contributed by atoms with Gasteiger partial charge in [-0.3, -0.25) is 0 Å². The molecule has 1 N–H and O–H groups in total. The molecule has 3 rings (SSSR count). The fourth-order valence-electron chi connectivity index (χ4n) is 2.95. The largest absolute Gasteiger partial charge is 0.407 e. The van der Waals surface area contributed by atoms with Gasteiger partial charge in [-0.05, 0) is 49.4 Å². The van der Waals surface area contributed by atoms with Crippen LogP contribution in [0.15, 0.2) is 48.5 Å². The van der Waals surface area contributed by atoms with Gasteiger partial charge in [-0.15, -0.1) is 0 Å². The number of nitrogens with zero attached hydrogens (tertiary/aromatic N) is 1. The summed E-state index contributed by atoms with van der Waals surface area (Å²) in [5.74, 6) is 0.931. The number of rotatable bonds is 6. The summed E-state index contributed by atoms with van der Waals surface area (Å²) in [4.78, 5) is 8.14. The van der Waals surface area contributed by atoms with Gasteiger partial charge < -0.3 is 9.74 Å².